The van der Waals surface area contributed by atoms with E-state index >= 15 is 0 Å². The molecule has 1 aromatic carbocycles. The molecule has 3 aromatic rings. The molecular weight excluding hydrogens is 346 g/mol. The van der Waals surface area contributed by atoms with Gasteiger partial charge in [-0.15, -0.1) is 11.3 Å². The minimum Gasteiger partial charge on any atom is -0.478 e. The first-order chi connectivity index (χ1) is 12.6. The van der Waals surface area contributed by atoms with E-state index in [-0.39, 0.29) is 5.56 Å². The number of H-pyrrole nitrogens is 1. The van der Waals surface area contributed by atoms with Crippen molar-refractivity contribution in [3.63, 3.8) is 0 Å². The van der Waals surface area contributed by atoms with E-state index in [1.807, 2.05) is 29.6 Å². The van der Waals surface area contributed by atoms with Gasteiger partial charge >= 0.3 is 0 Å². The molecule has 1 N–H and O–H groups in total. The van der Waals surface area contributed by atoms with Crippen molar-refractivity contribution in [2.75, 3.05) is 13.3 Å². The van der Waals surface area contributed by atoms with Crippen molar-refractivity contribution >= 4 is 11.3 Å². The molecule has 0 saturated heterocycles. The lowest BCUT2D eigenvalue weighted by molar-refractivity contribution is 0.111. The van der Waals surface area contributed by atoms with Gasteiger partial charge < -0.3 is 9.72 Å². The number of hydrogen-bond donors (Lipinski definition) is 1. The van der Waals surface area contributed by atoms with Gasteiger partial charge in [-0.05, 0) is 48.9 Å². The maximum atomic E-state index is 12.4. The Morgan fingerprint density at radius 2 is 2.15 bits per heavy atom. The van der Waals surface area contributed by atoms with Crippen LogP contribution in [-0.2, 0) is 13.0 Å². The molecule has 0 aliphatic carbocycles. The van der Waals surface area contributed by atoms with Gasteiger partial charge in [-0.3, -0.25) is 9.69 Å². The van der Waals surface area contributed by atoms with E-state index in [1.165, 1.54) is 11.1 Å². The minimum absolute atomic E-state index is 0.0199. The van der Waals surface area contributed by atoms with Gasteiger partial charge in [0.2, 0.25) is 0 Å². The van der Waals surface area contributed by atoms with Crippen molar-refractivity contribution in [3.05, 3.63) is 68.4 Å². The first-order valence-electron chi connectivity index (χ1n) is 8.69. The van der Waals surface area contributed by atoms with Gasteiger partial charge in [0.15, 0.2) is 5.82 Å². The third-order valence-corrected chi connectivity index (χ3v) is 5.74. The van der Waals surface area contributed by atoms with Crippen LogP contribution in [0.15, 0.2) is 40.5 Å². The largest absolute Gasteiger partial charge is 0.478 e. The Morgan fingerprint density at radius 1 is 1.27 bits per heavy atom. The number of aromatic amines is 1. The predicted molar refractivity (Wildman–Crippen MR) is 104 cm³/mol. The third kappa shape index (κ3) is 3.30. The Bertz CT molecular complexity index is 979. The molecule has 134 valence electrons. The Hall–Kier alpha value is -2.44. The van der Waals surface area contributed by atoms with Crippen molar-refractivity contribution in [1.82, 2.24) is 14.9 Å². The minimum atomic E-state index is -0.0199. The van der Waals surface area contributed by atoms with Crippen molar-refractivity contribution < 1.29 is 4.74 Å². The average molecular weight is 367 g/mol. The lowest BCUT2D eigenvalue weighted by Gasteiger charge is -2.27. The van der Waals surface area contributed by atoms with Gasteiger partial charge in [0.25, 0.3) is 5.56 Å². The number of hydrogen-bond acceptors (Lipinski definition) is 5. The fourth-order valence-electron chi connectivity index (χ4n) is 3.18. The number of fused-ring (bicyclic) bond motifs is 1. The molecule has 0 radical (unpaired) electrons. The highest BCUT2D eigenvalue weighted by Crippen LogP contribution is 2.24. The maximum absolute atomic E-state index is 12.4. The van der Waals surface area contributed by atoms with E-state index in [4.69, 9.17) is 9.72 Å². The zero-order chi connectivity index (χ0) is 18.1. The topological polar surface area (TPSA) is 58.2 Å². The summed E-state index contributed by atoms with van der Waals surface area (Å²) in [4.78, 5) is 23.2. The van der Waals surface area contributed by atoms with Gasteiger partial charge in [-0.25, -0.2) is 4.98 Å². The van der Waals surface area contributed by atoms with Crippen LogP contribution in [0.3, 0.4) is 0 Å². The summed E-state index contributed by atoms with van der Waals surface area (Å²) in [5.74, 6) is 1.56. The number of thiophene rings is 1. The van der Waals surface area contributed by atoms with Crippen LogP contribution >= 0.6 is 11.3 Å². The summed E-state index contributed by atoms with van der Waals surface area (Å²) >= 11 is 1.58. The van der Waals surface area contributed by atoms with E-state index in [0.29, 0.717) is 25.5 Å². The number of ether oxygens (including phenoxy) is 1. The Balaban J connectivity index is 1.52. The summed E-state index contributed by atoms with van der Waals surface area (Å²) in [5.41, 5.74) is 4.02. The summed E-state index contributed by atoms with van der Waals surface area (Å²) in [6.07, 6.45) is 0.693. The molecule has 4 rings (SSSR count). The lowest BCUT2D eigenvalue weighted by Crippen LogP contribution is -2.37. The third-order valence-electron chi connectivity index (χ3n) is 4.86. The normalized spacial score (nSPS) is 14.2. The summed E-state index contributed by atoms with van der Waals surface area (Å²) < 4.78 is 6.02. The summed E-state index contributed by atoms with van der Waals surface area (Å²) in [6, 6.07) is 10.0. The zero-order valence-corrected chi connectivity index (χ0v) is 15.7. The van der Waals surface area contributed by atoms with Gasteiger partial charge in [0.1, 0.15) is 12.5 Å². The molecule has 1 aliphatic rings. The van der Waals surface area contributed by atoms with E-state index in [1.54, 1.807) is 11.3 Å². The van der Waals surface area contributed by atoms with Crippen LogP contribution in [0.4, 0.5) is 0 Å². The first-order valence-corrected chi connectivity index (χ1v) is 9.57. The second-order valence-corrected chi connectivity index (χ2v) is 7.54. The smallest absolute Gasteiger partial charge is 0.254 e. The number of rotatable bonds is 4. The van der Waals surface area contributed by atoms with Gasteiger partial charge in [-0.1, -0.05) is 18.2 Å². The van der Waals surface area contributed by atoms with Crippen molar-refractivity contribution in [2.24, 2.45) is 0 Å². The molecule has 5 nitrogen and oxygen atoms in total. The molecule has 0 unspecified atom stereocenters. The molecule has 0 atom stereocenters. The lowest BCUT2D eigenvalue weighted by atomic mass is 10.1. The fourth-order valence-corrected chi connectivity index (χ4v) is 3.84. The molecule has 0 amide bonds. The molecule has 2 aromatic heterocycles. The van der Waals surface area contributed by atoms with E-state index in [9.17, 15) is 4.79 Å². The molecule has 3 heterocycles. The van der Waals surface area contributed by atoms with Crippen LogP contribution in [-0.4, -0.2) is 28.1 Å². The number of nitrogens with one attached hydrogen (secondary N) is 1. The van der Waals surface area contributed by atoms with Crippen molar-refractivity contribution in [2.45, 2.75) is 26.8 Å². The monoisotopic (exact) mass is 367 g/mol. The van der Waals surface area contributed by atoms with E-state index in [2.05, 4.69) is 29.8 Å². The number of aryl methyl sites for hydroxylation is 1. The van der Waals surface area contributed by atoms with E-state index < -0.39 is 0 Å². The Morgan fingerprint density at radius 3 is 2.96 bits per heavy atom. The molecule has 0 bridgehead atoms. The molecule has 6 heteroatoms. The Kier molecular flexibility index (Phi) is 4.61. The van der Waals surface area contributed by atoms with Crippen molar-refractivity contribution in [1.29, 1.82) is 0 Å². The quantitative estimate of drug-likeness (QED) is 0.767. The predicted octanol–water partition coefficient (Wildman–Crippen LogP) is 3.51. The van der Waals surface area contributed by atoms with Crippen LogP contribution in [0.5, 0.6) is 5.75 Å². The highest BCUT2D eigenvalue weighted by atomic mass is 32.1. The number of nitrogens with zero attached hydrogens (tertiary/aromatic N) is 2. The number of benzene rings is 1. The molecule has 1 aliphatic heterocycles. The summed E-state index contributed by atoms with van der Waals surface area (Å²) in [6.45, 7) is 6.07. The highest BCUT2D eigenvalue weighted by molar-refractivity contribution is 7.13. The standard InChI is InChI=1S/C20H21N3O2S/c1-13-5-3-6-17(14(13)2)25-12-23-9-8-15-16(11-23)21-19(22-20(15)24)18-7-4-10-26-18/h3-7,10H,8-9,11-12H2,1-2H3,(H,21,22,24). The molecule has 26 heavy (non-hydrogen) atoms. The van der Waals surface area contributed by atoms with Crippen LogP contribution in [0.2, 0.25) is 0 Å². The second-order valence-electron chi connectivity index (χ2n) is 6.59. The zero-order valence-electron chi connectivity index (χ0n) is 14.9. The fraction of sp³-hybridized carbons (Fsp3) is 0.300. The first kappa shape index (κ1) is 17.0. The van der Waals surface area contributed by atoms with Gasteiger partial charge in [0.05, 0.1) is 10.6 Å². The van der Waals surface area contributed by atoms with Gasteiger partial charge in [0, 0.05) is 18.7 Å². The van der Waals surface area contributed by atoms with Gasteiger partial charge in [-0.2, -0.15) is 0 Å². The molecule has 0 saturated carbocycles. The molecular formula is C20H21N3O2S. The summed E-state index contributed by atoms with van der Waals surface area (Å²) in [7, 11) is 0. The molecule has 0 fully saturated rings. The van der Waals surface area contributed by atoms with Crippen molar-refractivity contribution in [3.8, 4) is 16.5 Å². The SMILES string of the molecule is Cc1cccc(OCN2CCc3c(nc(-c4cccs4)[nH]c3=O)C2)c1C. The maximum Gasteiger partial charge on any atom is 0.254 e. The van der Waals surface area contributed by atoms with Crippen LogP contribution in [0.25, 0.3) is 10.7 Å². The number of aromatic nitrogens is 2. The molecule has 0 spiro atoms. The van der Waals surface area contributed by atoms with Crippen LogP contribution in [0.1, 0.15) is 22.4 Å². The Labute approximate surface area is 156 Å². The summed E-state index contributed by atoms with van der Waals surface area (Å²) in [5, 5.41) is 1.99. The average Bonchev–Trinajstić information content (AvgIpc) is 3.17. The highest BCUT2D eigenvalue weighted by Gasteiger charge is 2.22. The second kappa shape index (κ2) is 7.05. The van der Waals surface area contributed by atoms with E-state index in [0.717, 1.165) is 28.4 Å². The van der Waals surface area contributed by atoms with Crippen LogP contribution < -0.4 is 10.3 Å². The van der Waals surface area contributed by atoms with Crippen LogP contribution in [0, 0.1) is 13.8 Å².